The molecule has 1 aliphatic heterocycles. The molecule has 1 amide bonds. The van der Waals surface area contributed by atoms with Crippen LogP contribution in [-0.4, -0.2) is 23.8 Å². The van der Waals surface area contributed by atoms with Crippen molar-refractivity contribution in [3.63, 3.8) is 0 Å². The summed E-state index contributed by atoms with van der Waals surface area (Å²) < 4.78 is 5.22. The van der Waals surface area contributed by atoms with Crippen LogP contribution in [0.5, 0.6) is 0 Å². The highest BCUT2D eigenvalue weighted by Gasteiger charge is 2.45. The summed E-state index contributed by atoms with van der Waals surface area (Å²) in [6.07, 6.45) is 5.41. The first kappa shape index (κ1) is 12.6. The number of rotatable bonds is 2. The molecule has 1 aromatic heterocycles. The van der Waals surface area contributed by atoms with Crippen LogP contribution in [0.3, 0.4) is 0 Å². The lowest BCUT2D eigenvalue weighted by Crippen LogP contribution is -2.23. The Kier molecular flexibility index (Phi) is 2.89. The minimum Gasteiger partial charge on any atom is -0.495 e. The van der Waals surface area contributed by atoms with E-state index in [4.69, 9.17) is 4.74 Å². The molecule has 3 rings (SSSR count). The number of carbonyl (C=O) groups excluding carboxylic acids is 2. The molecule has 20 heavy (non-hydrogen) atoms. The van der Waals surface area contributed by atoms with E-state index in [0.717, 1.165) is 11.3 Å². The van der Waals surface area contributed by atoms with Gasteiger partial charge in [-0.05, 0) is 30.7 Å². The van der Waals surface area contributed by atoms with Gasteiger partial charge in [0.05, 0.1) is 18.7 Å². The molecule has 0 spiro atoms. The highest BCUT2D eigenvalue weighted by Crippen LogP contribution is 2.39. The zero-order valence-corrected chi connectivity index (χ0v) is 11.2. The van der Waals surface area contributed by atoms with Crippen molar-refractivity contribution in [2.45, 2.75) is 12.8 Å². The maximum absolute atomic E-state index is 12.1. The van der Waals surface area contributed by atoms with E-state index in [9.17, 15) is 9.59 Å². The second-order valence-electron chi connectivity index (χ2n) is 4.89. The first-order valence-corrected chi connectivity index (χ1v) is 6.36. The number of nitrogens with zero attached hydrogens (tertiary/aromatic N) is 1. The van der Waals surface area contributed by atoms with E-state index in [1.807, 2.05) is 25.1 Å². The fraction of sp³-hybridized carbons (Fsp3) is 0.267. The molecule has 2 atom stereocenters. The van der Waals surface area contributed by atoms with Gasteiger partial charge >= 0.3 is 0 Å². The van der Waals surface area contributed by atoms with E-state index in [2.05, 4.69) is 10.3 Å². The Bertz CT molecular complexity index is 661. The molecular formula is C15H14N2O3. The Balaban J connectivity index is 2.07. The van der Waals surface area contributed by atoms with Crippen LogP contribution in [0.1, 0.15) is 17.2 Å². The van der Waals surface area contributed by atoms with E-state index >= 15 is 0 Å². The van der Waals surface area contributed by atoms with Gasteiger partial charge in [0.1, 0.15) is 5.76 Å². The molecule has 0 saturated carbocycles. The summed E-state index contributed by atoms with van der Waals surface area (Å²) in [6, 6.07) is 3.80. The van der Waals surface area contributed by atoms with E-state index in [1.165, 1.54) is 7.11 Å². The first-order valence-electron chi connectivity index (χ1n) is 6.36. The van der Waals surface area contributed by atoms with Crippen molar-refractivity contribution in [2.24, 2.45) is 5.92 Å². The number of fused-ring (bicyclic) bond motifs is 1. The van der Waals surface area contributed by atoms with Gasteiger partial charge in [-0.2, -0.15) is 0 Å². The van der Waals surface area contributed by atoms with E-state index in [-0.39, 0.29) is 5.92 Å². The Morgan fingerprint density at radius 3 is 2.85 bits per heavy atom. The Morgan fingerprint density at radius 1 is 1.35 bits per heavy atom. The third-order valence-electron chi connectivity index (χ3n) is 3.67. The van der Waals surface area contributed by atoms with Crippen LogP contribution in [-0.2, 0) is 14.3 Å². The lowest BCUT2D eigenvalue weighted by atomic mass is 9.80. The highest BCUT2D eigenvalue weighted by atomic mass is 16.5. The van der Waals surface area contributed by atoms with E-state index < -0.39 is 17.6 Å². The van der Waals surface area contributed by atoms with Gasteiger partial charge in [0.2, 0.25) is 5.78 Å². The van der Waals surface area contributed by atoms with Crippen molar-refractivity contribution in [3.05, 3.63) is 53.2 Å². The SMILES string of the molecule is COC1=C2NC(=O)C(=O)C2C(c2ccnc(C)c2)C=C1. The van der Waals surface area contributed by atoms with Crippen LogP contribution in [0.4, 0.5) is 0 Å². The summed E-state index contributed by atoms with van der Waals surface area (Å²) in [5.41, 5.74) is 2.41. The third-order valence-corrected chi connectivity index (χ3v) is 3.67. The predicted octanol–water partition coefficient (Wildman–Crippen LogP) is 1.22. The summed E-state index contributed by atoms with van der Waals surface area (Å²) >= 11 is 0. The van der Waals surface area contributed by atoms with Crippen LogP contribution in [0, 0.1) is 12.8 Å². The maximum Gasteiger partial charge on any atom is 0.292 e. The molecule has 2 heterocycles. The van der Waals surface area contributed by atoms with Crippen molar-refractivity contribution in [2.75, 3.05) is 7.11 Å². The Morgan fingerprint density at radius 2 is 2.15 bits per heavy atom. The zero-order chi connectivity index (χ0) is 14.3. The van der Waals surface area contributed by atoms with Crippen molar-refractivity contribution < 1.29 is 14.3 Å². The highest BCUT2D eigenvalue weighted by molar-refractivity contribution is 6.40. The van der Waals surface area contributed by atoms with Crippen LogP contribution in [0.2, 0.25) is 0 Å². The van der Waals surface area contributed by atoms with Gasteiger partial charge in [0.15, 0.2) is 0 Å². The summed E-state index contributed by atoms with van der Waals surface area (Å²) in [5.74, 6) is -1.14. The van der Waals surface area contributed by atoms with E-state index in [1.54, 1.807) is 12.3 Å². The molecule has 5 heteroatoms. The van der Waals surface area contributed by atoms with Crippen molar-refractivity contribution >= 4 is 11.7 Å². The molecule has 1 N–H and O–H groups in total. The standard InChI is InChI=1S/C15H14N2O3/c1-8-7-9(5-6-16-8)10-3-4-11(20-2)13-12(10)14(18)15(19)17-13/h3-7,10,12H,1-2H3,(H,17,19). The number of nitrogens with one attached hydrogen (secondary N) is 1. The van der Waals surface area contributed by atoms with Gasteiger partial charge in [0.25, 0.3) is 5.91 Å². The van der Waals surface area contributed by atoms with Crippen molar-refractivity contribution in [1.29, 1.82) is 0 Å². The van der Waals surface area contributed by atoms with Crippen LogP contribution in [0.15, 0.2) is 41.9 Å². The normalized spacial score (nSPS) is 24.7. The van der Waals surface area contributed by atoms with Crippen LogP contribution < -0.4 is 5.32 Å². The number of allylic oxidation sites excluding steroid dienone is 3. The number of amides is 1. The van der Waals surface area contributed by atoms with Crippen molar-refractivity contribution in [1.82, 2.24) is 10.3 Å². The van der Waals surface area contributed by atoms with Gasteiger partial charge in [-0.1, -0.05) is 6.08 Å². The molecule has 102 valence electrons. The van der Waals surface area contributed by atoms with Crippen molar-refractivity contribution in [3.8, 4) is 0 Å². The molecule has 1 aromatic rings. The fourth-order valence-electron chi connectivity index (χ4n) is 2.74. The molecule has 2 unspecified atom stereocenters. The largest absolute Gasteiger partial charge is 0.495 e. The lowest BCUT2D eigenvalue weighted by Gasteiger charge is -2.24. The zero-order valence-electron chi connectivity index (χ0n) is 11.2. The predicted molar refractivity (Wildman–Crippen MR) is 71.5 cm³/mol. The Labute approximate surface area is 116 Å². The van der Waals surface area contributed by atoms with Gasteiger partial charge in [-0.3, -0.25) is 14.6 Å². The van der Waals surface area contributed by atoms with Crippen LogP contribution in [0.25, 0.3) is 0 Å². The number of hydrogen-bond acceptors (Lipinski definition) is 4. The second kappa shape index (κ2) is 4.59. The molecular weight excluding hydrogens is 256 g/mol. The number of aromatic nitrogens is 1. The maximum atomic E-state index is 12.1. The third kappa shape index (κ3) is 1.82. The molecule has 1 aliphatic carbocycles. The minimum atomic E-state index is -0.570. The molecule has 5 nitrogen and oxygen atoms in total. The van der Waals surface area contributed by atoms with Gasteiger partial charge in [-0.25, -0.2) is 0 Å². The quantitative estimate of drug-likeness (QED) is 0.820. The number of ether oxygens (including phenoxy) is 1. The number of methoxy groups -OCH3 is 1. The van der Waals surface area contributed by atoms with Gasteiger partial charge in [0, 0.05) is 17.8 Å². The molecule has 0 aromatic carbocycles. The first-order chi connectivity index (χ1) is 9.61. The molecule has 1 saturated heterocycles. The lowest BCUT2D eigenvalue weighted by molar-refractivity contribution is -0.136. The van der Waals surface area contributed by atoms with Gasteiger partial charge < -0.3 is 10.1 Å². The molecule has 1 fully saturated rings. The number of aryl methyl sites for hydroxylation is 1. The number of Topliss-reactive ketones (excluding diaryl/α,β-unsaturated/α-hetero) is 1. The molecule has 2 aliphatic rings. The Hall–Kier alpha value is -2.43. The number of pyridine rings is 1. The topological polar surface area (TPSA) is 68.3 Å². The van der Waals surface area contributed by atoms with Gasteiger partial charge in [-0.15, -0.1) is 0 Å². The average molecular weight is 270 g/mol. The fourth-order valence-corrected chi connectivity index (χ4v) is 2.74. The summed E-state index contributed by atoms with van der Waals surface area (Å²) in [5, 5.41) is 2.62. The second-order valence-corrected chi connectivity index (χ2v) is 4.89. The summed E-state index contributed by atoms with van der Waals surface area (Å²) in [6.45, 7) is 1.90. The number of carbonyl (C=O) groups is 2. The summed E-state index contributed by atoms with van der Waals surface area (Å²) in [4.78, 5) is 27.9. The number of hydrogen-bond donors (Lipinski definition) is 1. The molecule has 0 radical (unpaired) electrons. The van der Waals surface area contributed by atoms with Crippen LogP contribution >= 0.6 is 0 Å². The summed E-state index contributed by atoms with van der Waals surface area (Å²) in [7, 11) is 1.52. The average Bonchev–Trinajstić information content (AvgIpc) is 2.74. The number of ketones is 1. The minimum absolute atomic E-state index is 0.169. The van der Waals surface area contributed by atoms with E-state index in [0.29, 0.717) is 11.5 Å². The smallest absolute Gasteiger partial charge is 0.292 e. The monoisotopic (exact) mass is 270 g/mol. The molecule has 0 bridgehead atoms.